The van der Waals surface area contributed by atoms with E-state index < -0.39 is 6.10 Å². The van der Waals surface area contributed by atoms with E-state index in [0.29, 0.717) is 40.1 Å². The van der Waals surface area contributed by atoms with Gasteiger partial charge in [0.05, 0.1) is 23.2 Å². The Kier molecular flexibility index (Phi) is 7.76. The molecule has 4 heterocycles. The van der Waals surface area contributed by atoms with Gasteiger partial charge in [0.2, 0.25) is 0 Å². The molecule has 2 aromatic rings. The van der Waals surface area contributed by atoms with Crippen LogP contribution in [0.4, 0.5) is 0 Å². The number of aliphatic hydroxyl groups is 1. The molecule has 0 radical (unpaired) electrons. The van der Waals surface area contributed by atoms with Crippen molar-refractivity contribution in [3.63, 3.8) is 0 Å². The number of piperidine rings is 2. The van der Waals surface area contributed by atoms with E-state index in [0.717, 1.165) is 92.7 Å². The number of carbonyl (C=O) groups excluding carboxylic acids is 3. The number of aliphatic hydroxyl groups excluding tert-OH is 1. The second-order valence-electron chi connectivity index (χ2n) is 15.3. The van der Waals surface area contributed by atoms with Gasteiger partial charge in [-0.15, -0.1) is 0 Å². The molecule has 5 aliphatic carbocycles. The molecule has 0 bridgehead atoms. The minimum Gasteiger partial charge on any atom is -0.387 e. The third-order valence-corrected chi connectivity index (χ3v) is 12.2. The second-order valence-corrected chi connectivity index (χ2v) is 15.3. The van der Waals surface area contributed by atoms with Crippen molar-refractivity contribution in [3.05, 3.63) is 69.3 Å². The number of aldehydes is 1. The summed E-state index contributed by atoms with van der Waals surface area (Å²) in [6.07, 6.45) is 15.7. The molecule has 2 spiro atoms. The van der Waals surface area contributed by atoms with Crippen molar-refractivity contribution in [2.45, 2.75) is 83.2 Å². The Morgan fingerprint density at radius 1 is 0.755 bits per heavy atom. The maximum absolute atomic E-state index is 12.5. The van der Waals surface area contributed by atoms with Crippen molar-refractivity contribution < 1.29 is 19.5 Å². The molecule has 10 heteroatoms. The van der Waals surface area contributed by atoms with E-state index in [2.05, 4.69) is 31.9 Å². The van der Waals surface area contributed by atoms with Gasteiger partial charge in [-0.2, -0.15) is 10.5 Å². The van der Waals surface area contributed by atoms with E-state index in [1.807, 2.05) is 6.07 Å². The van der Waals surface area contributed by atoms with Crippen molar-refractivity contribution in [3.8, 4) is 12.1 Å². The molecule has 250 valence electrons. The van der Waals surface area contributed by atoms with E-state index >= 15 is 0 Å². The van der Waals surface area contributed by atoms with Crippen LogP contribution in [-0.4, -0.2) is 68.9 Å². The van der Waals surface area contributed by atoms with Crippen LogP contribution in [0.5, 0.6) is 0 Å². The highest BCUT2D eigenvalue weighted by Crippen LogP contribution is 2.55. The lowest BCUT2D eigenvalue weighted by Crippen LogP contribution is -2.36. The first-order valence-electron chi connectivity index (χ1n) is 17.7. The molecule has 1 atom stereocenters. The van der Waals surface area contributed by atoms with Crippen molar-refractivity contribution in [2.24, 2.45) is 16.7 Å². The number of fused-ring (bicyclic) bond motifs is 2. The summed E-state index contributed by atoms with van der Waals surface area (Å²) in [6.45, 7) is 3.53. The van der Waals surface area contributed by atoms with Gasteiger partial charge in [-0.05, 0) is 104 Å². The Morgan fingerprint density at radius 2 is 1.22 bits per heavy atom. The predicted molar refractivity (Wildman–Crippen MR) is 179 cm³/mol. The SMILES string of the molecule is N#CC1=C(N2CCC3(CC2)CC3)c2cc(C(O)C3CC3)ncc2CC1=O.N#CC1=C(N2CCC3(CC2)CC3)c2cc(C=O)ncc2CC1=O. The summed E-state index contributed by atoms with van der Waals surface area (Å²) in [4.78, 5) is 48.8. The third-order valence-electron chi connectivity index (χ3n) is 12.2. The average molecular weight is 657 g/mol. The molecule has 1 unspecified atom stereocenters. The highest BCUT2D eigenvalue weighted by molar-refractivity contribution is 6.10. The summed E-state index contributed by atoms with van der Waals surface area (Å²) >= 11 is 0. The molecule has 0 aromatic carbocycles. The zero-order valence-electron chi connectivity index (χ0n) is 27.7. The maximum atomic E-state index is 12.5. The van der Waals surface area contributed by atoms with Crippen molar-refractivity contribution >= 4 is 29.2 Å². The molecule has 2 saturated heterocycles. The van der Waals surface area contributed by atoms with Crippen LogP contribution in [-0.2, 0) is 22.4 Å². The van der Waals surface area contributed by atoms with Crippen LogP contribution < -0.4 is 0 Å². The van der Waals surface area contributed by atoms with Gasteiger partial charge < -0.3 is 14.9 Å². The highest BCUT2D eigenvalue weighted by Gasteiger charge is 2.47. The second kappa shape index (κ2) is 12.0. The fourth-order valence-electron chi connectivity index (χ4n) is 8.31. The topological polar surface area (TPSA) is 151 Å². The van der Waals surface area contributed by atoms with Crippen molar-refractivity contribution in [1.29, 1.82) is 10.5 Å². The molecule has 9 rings (SSSR count). The maximum Gasteiger partial charge on any atom is 0.179 e. The lowest BCUT2D eigenvalue weighted by molar-refractivity contribution is -0.115. The molecular formula is C39H40N6O4. The number of likely N-dealkylation sites (tertiary alicyclic amines) is 2. The number of allylic oxidation sites excluding steroid dienone is 2. The number of ketones is 2. The van der Waals surface area contributed by atoms with Crippen molar-refractivity contribution in [2.75, 3.05) is 26.2 Å². The Bertz CT molecular complexity index is 1900. The zero-order chi connectivity index (χ0) is 33.9. The van der Waals surface area contributed by atoms with Gasteiger partial charge in [0, 0.05) is 62.5 Å². The molecule has 7 aliphatic rings. The van der Waals surface area contributed by atoms with Gasteiger partial charge in [-0.1, -0.05) is 0 Å². The van der Waals surface area contributed by atoms with Gasteiger partial charge >= 0.3 is 0 Å². The lowest BCUT2D eigenvalue weighted by atomic mass is 9.86. The van der Waals surface area contributed by atoms with Gasteiger partial charge in [0.15, 0.2) is 17.9 Å². The van der Waals surface area contributed by atoms with Crippen LogP contribution >= 0.6 is 0 Å². The summed E-state index contributed by atoms with van der Waals surface area (Å²) < 4.78 is 0. The van der Waals surface area contributed by atoms with Crippen LogP contribution in [0.2, 0.25) is 0 Å². The highest BCUT2D eigenvalue weighted by atomic mass is 16.3. The molecular weight excluding hydrogens is 616 g/mol. The number of hydrogen-bond acceptors (Lipinski definition) is 10. The lowest BCUT2D eigenvalue weighted by Gasteiger charge is -2.37. The Morgan fingerprint density at radius 3 is 1.65 bits per heavy atom. The minimum atomic E-state index is -0.541. The number of nitriles is 2. The quantitative estimate of drug-likeness (QED) is 0.441. The zero-order valence-corrected chi connectivity index (χ0v) is 27.7. The summed E-state index contributed by atoms with van der Waals surface area (Å²) in [5.41, 5.74) is 7.50. The summed E-state index contributed by atoms with van der Waals surface area (Å²) in [6, 6.07) is 7.90. The largest absolute Gasteiger partial charge is 0.387 e. The van der Waals surface area contributed by atoms with Crippen LogP contribution in [0.15, 0.2) is 35.7 Å². The minimum absolute atomic E-state index is 0.112. The van der Waals surface area contributed by atoms with Gasteiger partial charge in [-0.25, -0.2) is 0 Å². The number of aromatic nitrogens is 2. The predicted octanol–water partition coefficient (Wildman–Crippen LogP) is 4.89. The van der Waals surface area contributed by atoms with E-state index in [4.69, 9.17) is 0 Å². The summed E-state index contributed by atoms with van der Waals surface area (Å²) in [5.74, 6) is 0.0414. The number of Topliss-reactive ketones (excluding diaryl/α,β-unsaturated/α-hetero) is 2. The molecule has 0 amide bonds. The molecule has 5 fully saturated rings. The van der Waals surface area contributed by atoms with E-state index in [9.17, 15) is 30.0 Å². The Hall–Kier alpha value is -4.67. The molecule has 1 N–H and O–H groups in total. The molecule has 2 aromatic heterocycles. The molecule has 3 saturated carbocycles. The van der Waals surface area contributed by atoms with E-state index in [1.165, 1.54) is 25.7 Å². The first-order chi connectivity index (χ1) is 23.8. The van der Waals surface area contributed by atoms with Crippen LogP contribution in [0.3, 0.4) is 0 Å². The standard InChI is InChI=1S/C21H23N3O2.C18H17N3O2/c22-11-16-18(25)9-14-12-23-17(20(26)13-1-2-13)10-15(14)19(16)24-7-5-21(3-4-21)6-8-24;19-9-15-16(23)7-12-10-20-13(11-22)8-14(12)17(15)21-5-3-18(1-2-18)4-6-21/h10,12-13,20,26H,1-9H2;8,10-11H,1-7H2. The van der Waals surface area contributed by atoms with Gasteiger partial charge in [0.25, 0.3) is 0 Å². The monoisotopic (exact) mass is 656 g/mol. The number of rotatable bonds is 5. The normalized spacial score (nSPS) is 23.6. The van der Waals surface area contributed by atoms with Gasteiger partial charge in [-0.3, -0.25) is 24.4 Å². The fraction of sp³-hybridized carbons (Fsp3) is 0.513. The molecule has 10 nitrogen and oxygen atoms in total. The number of hydrogen-bond donors (Lipinski definition) is 1. The smallest absolute Gasteiger partial charge is 0.179 e. The van der Waals surface area contributed by atoms with Crippen LogP contribution in [0.1, 0.15) is 109 Å². The summed E-state index contributed by atoms with van der Waals surface area (Å²) in [7, 11) is 0. The number of carbonyl (C=O) groups is 3. The number of nitrogens with zero attached hydrogens (tertiary/aromatic N) is 6. The summed E-state index contributed by atoms with van der Waals surface area (Å²) in [5, 5.41) is 29.6. The van der Waals surface area contributed by atoms with Crippen LogP contribution in [0.25, 0.3) is 11.4 Å². The third kappa shape index (κ3) is 5.87. The Balaban J connectivity index is 0.000000143. The van der Waals surface area contributed by atoms with Gasteiger partial charge in [0.1, 0.15) is 29.0 Å². The van der Waals surface area contributed by atoms with Crippen molar-refractivity contribution in [1.82, 2.24) is 19.8 Å². The van der Waals surface area contributed by atoms with E-state index in [-0.39, 0.29) is 35.6 Å². The average Bonchev–Trinajstić information content (AvgIpc) is 4.02. The van der Waals surface area contributed by atoms with E-state index in [1.54, 1.807) is 18.5 Å². The first-order valence-corrected chi connectivity index (χ1v) is 17.7. The first kappa shape index (κ1) is 31.6. The number of pyridine rings is 2. The van der Waals surface area contributed by atoms with Crippen LogP contribution in [0, 0.1) is 39.4 Å². The molecule has 49 heavy (non-hydrogen) atoms. The molecule has 2 aliphatic heterocycles. The fourth-order valence-corrected chi connectivity index (χ4v) is 8.31. The Labute approximate surface area is 286 Å².